The maximum absolute atomic E-state index is 12.8. The lowest BCUT2D eigenvalue weighted by atomic mass is 9.98. The minimum atomic E-state index is -0.801. The van der Waals surface area contributed by atoms with Gasteiger partial charge in [0.15, 0.2) is 0 Å². The van der Waals surface area contributed by atoms with E-state index in [0.29, 0.717) is 41.3 Å². The molecular weight excluding hydrogens is 452 g/mol. The number of hydrogen-bond acceptors (Lipinski definition) is 6. The molecule has 1 aliphatic heterocycles. The number of urea groups is 1. The summed E-state index contributed by atoms with van der Waals surface area (Å²) in [6.45, 7) is -0.0249. The van der Waals surface area contributed by atoms with Crippen LogP contribution in [0.1, 0.15) is 42.5 Å². The highest BCUT2D eigenvalue weighted by Gasteiger charge is 2.52. The van der Waals surface area contributed by atoms with E-state index < -0.39 is 17.5 Å². The van der Waals surface area contributed by atoms with E-state index in [1.165, 1.54) is 14.2 Å². The van der Waals surface area contributed by atoms with Crippen molar-refractivity contribution in [1.29, 1.82) is 0 Å². The highest BCUT2D eigenvalue weighted by atomic mass is 16.5. The van der Waals surface area contributed by atoms with Crippen LogP contribution >= 0.6 is 0 Å². The predicted molar refractivity (Wildman–Crippen MR) is 129 cm³/mol. The Balaban J connectivity index is 1.43. The van der Waals surface area contributed by atoms with Crippen LogP contribution in [0.4, 0.5) is 16.2 Å². The largest absolute Gasteiger partial charge is 0.494 e. The third kappa shape index (κ3) is 4.91. The number of imide groups is 1. The van der Waals surface area contributed by atoms with E-state index in [4.69, 9.17) is 9.47 Å². The van der Waals surface area contributed by atoms with E-state index >= 15 is 0 Å². The molecule has 2 fully saturated rings. The molecule has 1 saturated carbocycles. The van der Waals surface area contributed by atoms with Crippen molar-refractivity contribution in [2.24, 2.45) is 0 Å². The van der Waals surface area contributed by atoms with Gasteiger partial charge in [0, 0.05) is 30.7 Å². The molecule has 2 aliphatic rings. The average Bonchev–Trinajstić information content (AvgIpc) is 3.43. The van der Waals surface area contributed by atoms with Crippen molar-refractivity contribution in [1.82, 2.24) is 10.2 Å². The molecule has 0 bridgehead atoms. The Morgan fingerprint density at radius 1 is 0.971 bits per heavy atom. The molecule has 10 nitrogen and oxygen atoms in total. The minimum absolute atomic E-state index is 0.0249. The van der Waals surface area contributed by atoms with Crippen molar-refractivity contribution < 1.29 is 28.7 Å². The molecule has 1 saturated heterocycles. The summed E-state index contributed by atoms with van der Waals surface area (Å²) in [6.07, 6.45) is 2.97. The molecule has 10 heteroatoms. The van der Waals surface area contributed by atoms with Gasteiger partial charge in [0.1, 0.15) is 17.0 Å². The highest BCUT2D eigenvalue weighted by Crippen LogP contribution is 2.37. The number of nitrogens with one attached hydrogen (secondary N) is 3. The summed E-state index contributed by atoms with van der Waals surface area (Å²) in [7, 11) is 2.89. The van der Waals surface area contributed by atoms with Gasteiger partial charge in [-0.2, -0.15) is 0 Å². The second kappa shape index (κ2) is 10.0. The number of carbonyl (C=O) groups is 4. The second-order valence-corrected chi connectivity index (χ2v) is 8.55. The Morgan fingerprint density at radius 2 is 1.57 bits per heavy atom. The number of rotatable bonds is 8. The minimum Gasteiger partial charge on any atom is -0.494 e. The van der Waals surface area contributed by atoms with Crippen LogP contribution in [0.15, 0.2) is 42.5 Å². The Labute approximate surface area is 203 Å². The smallest absolute Gasteiger partial charge is 0.325 e. The van der Waals surface area contributed by atoms with Gasteiger partial charge in [-0.25, -0.2) is 4.79 Å². The lowest BCUT2D eigenvalue weighted by molar-refractivity contribution is -0.131. The lowest BCUT2D eigenvalue weighted by Crippen LogP contribution is -2.44. The molecule has 0 aromatic heterocycles. The van der Waals surface area contributed by atoms with Crippen LogP contribution in [0, 0.1) is 0 Å². The van der Waals surface area contributed by atoms with E-state index in [0.717, 1.165) is 17.7 Å². The van der Waals surface area contributed by atoms with Gasteiger partial charge in [-0.05, 0) is 25.0 Å². The van der Waals surface area contributed by atoms with Gasteiger partial charge in [-0.1, -0.05) is 31.0 Å². The molecule has 2 aromatic carbocycles. The average molecular weight is 481 g/mol. The van der Waals surface area contributed by atoms with E-state index in [2.05, 4.69) is 16.0 Å². The van der Waals surface area contributed by atoms with Crippen molar-refractivity contribution in [3.8, 4) is 11.5 Å². The number of hydrogen-bond donors (Lipinski definition) is 3. The Kier molecular flexibility index (Phi) is 6.90. The molecule has 1 aliphatic carbocycles. The fourth-order valence-electron chi connectivity index (χ4n) is 4.50. The fraction of sp³-hybridized carbons (Fsp3) is 0.360. The van der Waals surface area contributed by atoms with Gasteiger partial charge < -0.3 is 25.4 Å². The number of nitrogens with zero attached hydrogens (tertiary/aromatic N) is 1. The summed E-state index contributed by atoms with van der Waals surface area (Å²) < 4.78 is 10.8. The van der Waals surface area contributed by atoms with Crippen molar-refractivity contribution in [3.05, 3.63) is 48.0 Å². The molecule has 0 radical (unpaired) electrons. The fourth-order valence-corrected chi connectivity index (χ4v) is 4.50. The third-order valence-corrected chi connectivity index (χ3v) is 6.35. The Hall–Kier alpha value is -4.08. The zero-order chi connectivity index (χ0) is 25.0. The third-order valence-electron chi connectivity index (χ3n) is 6.35. The topological polar surface area (TPSA) is 126 Å². The summed E-state index contributed by atoms with van der Waals surface area (Å²) in [5.41, 5.74) is 0.379. The molecule has 2 aromatic rings. The number of amides is 5. The first-order chi connectivity index (χ1) is 16.9. The molecule has 0 atom stereocenters. The maximum atomic E-state index is 12.8. The molecule has 184 valence electrons. The van der Waals surface area contributed by atoms with Gasteiger partial charge in [0.25, 0.3) is 11.8 Å². The highest BCUT2D eigenvalue weighted by molar-refractivity contribution is 6.08. The first-order valence-electron chi connectivity index (χ1n) is 11.4. The molecule has 1 heterocycles. The predicted octanol–water partition coefficient (Wildman–Crippen LogP) is 3.15. The normalized spacial score (nSPS) is 16.2. The van der Waals surface area contributed by atoms with E-state index in [9.17, 15) is 19.2 Å². The van der Waals surface area contributed by atoms with E-state index in [1.54, 1.807) is 36.4 Å². The lowest BCUT2D eigenvalue weighted by Gasteiger charge is -2.20. The first-order valence-corrected chi connectivity index (χ1v) is 11.4. The first kappa shape index (κ1) is 24.1. The maximum Gasteiger partial charge on any atom is 0.325 e. The van der Waals surface area contributed by atoms with Crippen molar-refractivity contribution in [2.75, 3.05) is 31.4 Å². The van der Waals surface area contributed by atoms with Crippen molar-refractivity contribution in [3.63, 3.8) is 0 Å². The van der Waals surface area contributed by atoms with Crippen LogP contribution < -0.4 is 25.4 Å². The summed E-state index contributed by atoms with van der Waals surface area (Å²) in [5, 5.41) is 8.32. The van der Waals surface area contributed by atoms with Gasteiger partial charge in [0.05, 0.1) is 25.6 Å². The molecule has 1 spiro atoms. The standard InChI is InChI=1S/C25H28N4O6/c1-34-19-15-18(27-22(31)16-8-4-3-5-9-16)20(35-2)14-17(19)26-21(30)10-13-29-23(32)25(28-24(29)33)11-6-7-12-25/h3-5,8-9,14-15H,6-7,10-13H2,1-2H3,(H,26,30)(H,27,31)(H,28,33). The molecule has 0 unspecified atom stereocenters. The van der Waals surface area contributed by atoms with Crippen molar-refractivity contribution in [2.45, 2.75) is 37.6 Å². The van der Waals surface area contributed by atoms with E-state index in [1.807, 2.05) is 6.07 Å². The number of methoxy groups -OCH3 is 2. The van der Waals surface area contributed by atoms with Gasteiger partial charge in [0.2, 0.25) is 5.91 Å². The molecule has 5 amide bonds. The molecule has 3 N–H and O–H groups in total. The van der Waals surface area contributed by atoms with Crippen LogP contribution in [0.25, 0.3) is 0 Å². The van der Waals surface area contributed by atoms with Crippen molar-refractivity contribution >= 4 is 35.1 Å². The Bertz CT molecular complexity index is 1140. The van der Waals surface area contributed by atoms with Crippen LogP contribution in [0.5, 0.6) is 11.5 Å². The summed E-state index contributed by atoms with van der Waals surface area (Å²) >= 11 is 0. The van der Waals surface area contributed by atoms with Crippen LogP contribution in [-0.4, -0.2) is 55.0 Å². The second-order valence-electron chi connectivity index (χ2n) is 8.55. The molecule has 35 heavy (non-hydrogen) atoms. The number of carbonyl (C=O) groups excluding carboxylic acids is 4. The quantitative estimate of drug-likeness (QED) is 0.499. The van der Waals surface area contributed by atoms with E-state index in [-0.39, 0.29) is 24.8 Å². The van der Waals surface area contributed by atoms with Gasteiger partial charge >= 0.3 is 6.03 Å². The monoisotopic (exact) mass is 480 g/mol. The van der Waals surface area contributed by atoms with Gasteiger partial charge in [-0.15, -0.1) is 0 Å². The van der Waals surface area contributed by atoms with Crippen LogP contribution in [0.3, 0.4) is 0 Å². The summed E-state index contributed by atoms with van der Waals surface area (Å²) in [4.78, 5) is 51.4. The number of benzene rings is 2. The SMILES string of the molecule is COc1cc(NC(=O)c2ccccc2)c(OC)cc1NC(=O)CCN1C(=O)NC2(CCCC2)C1=O. The summed E-state index contributed by atoms with van der Waals surface area (Å²) in [6, 6.07) is 11.4. The Morgan fingerprint density at radius 3 is 2.17 bits per heavy atom. The zero-order valence-corrected chi connectivity index (χ0v) is 19.7. The molecule has 4 rings (SSSR count). The van der Waals surface area contributed by atoms with Crippen LogP contribution in [0.2, 0.25) is 0 Å². The van der Waals surface area contributed by atoms with Gasteiger partial charge in [-0.3, -0.25) is 19.3 Å². The summed E-state index contributed by atoms with van der Waals surface area (Å²) in [5.74, 6) is -0.355. The van der Waals surface area contributed by atoms with Crippen LogP contribution in [-0.2, 0) is 9.59 Å². The molecular formula is C25H28N4O6. The number of ether oxygens (including phenoxy) is 2. The zero-order valence-electron chi connectivity index (χ0n) is 19.7. The number of anilines is 2.